The van der Waals surface area contributed by atoms with Crippen LogP contribution in [0, 0.1) is 0 Å². The minimum Gasteiger partial charge on any atom is -0.299 e. The number of carbonyl (C=O) groups excluding carboxylic acids is 1. The Bertz CT molecular complexity index is 161. The molecule has 2 heteroatoms. The first-order chi connectivity index (χ1) is 4.79. The molecule has 1 rings (SSSR count). The Hall–Kier alpha value is -0.110. The molecule has 0 aromatic rings. The molecule has 0 bridgehead atoms. The lowest BCUT2D eigenvalue weighted by molar-refractivity contribution is -0.118. The van der Waals surface area contributed by atoms with E-state index in [9.17, 15) is 4.79 Å². The fraction of sp³-hybridized carbons (Fsp3) is 0.625. The van der Waals surface area contributed by atoms with Gasteiger partial charge in [0.2, 0.25) is 0 Å². The summed E-state index contributed by atoms with van der Waals surface area (Å²) < 4.78 is 1.07. The topological polar surface area (TPSA) is 17.1 Å². The number of allylic oxidation sites excluding steroid dienone is 2. The highest BCUT2D eigenvalue weighted by molar-refractivity contribution is 9.11. The van der Waals surface area contributed by atoms with Gasteiger partial charge in [-0.3, -0.25) is 4.79 Å². The minimum atomic E-state index is 0.364. The first-order valence-electron chi connectivity index (χ1n) is 3.65. The molecule has 0 fully saturated rings. The highest BCUT2D eigenvalue weighted by Crippen LogP contribution is 2.18. The second-order valence-corrected chi connectivity index (χ2v) is 3.63. The van der Waals surface area contributed by atoms with E-state index in [1.165, 1.54) is 0 Å². The predicted molar refractivity (Wildman–Crippen MR) is 45.1 cm³/mol. The van der Waals surface area contributed by atoms with Crippen LogP contribution in [0.25, 0.3) is 0 Å². The van der Waals surface area contributed by atoms with E-state index in [1.54, 1.807) is 0 Å². The van der Waals surface area contributed by atoms with Crippen LogP contribution in [0.15, 0.2) is 10.6 Å². The first-order valence-corrected chi connectivity index (χ1v) is 4.44. The number of hydrogen-bond acceptors (Lipinski definition) is 1. The quantitative estimate of drug-likeness (QED) is 0.591. The molecule has 0 aliphatic heterocycles. The molecule has 1 aliphatic rings. The van der Waals surface area contributed by atoms with Gasteiger partial charge in [-0.15, -0.1) is 0 Å². The van der Waals surface area contributed by atoms with Gasteiger partial charge in [-0.1, -0.05) is 22.0 Å². The maximum atomic E-state index is 11.0. The third-order valence-electron chi connectivity index (χ3n) is 1.64. The lowest BCUT2D eigenvalue weighted by atomic mass is 10.1. The minimum absolute atomic E-state index is 0.364. The maximum Gasteiger partial charge on any atom is 0.137 e. The van der Waals surface area contributed by atoms with Crippen molar-refractivity contribution in [1.29, 1.82) is 0 Å². The van der Waals surface area contributed by atoms with Crippen molar-refractivity contribution in [2.75, 3.05) is 0 Å². The summed E-state index contributed by atoms with van der Waals surface area (Å²) in [6, 6.07) is 0. The zero-order valence-corrected chi connectivity index (χ0v) is 7.49. The van der Waals surface area contributed by atoms with E-state index in [2.05, 4.69) is 22.0 Å². The molecule has 0 amide bonds. The zero-order valence-electron chi connectivity index (χ0n) is 5.90. The fourth-order valence-corrected chi connectivity index (χ4v) is 1.62. The largest absolute Gasteiger partial charge is 0.299 e. The van der Waals surface area contributed by atoms with Crippen LogP contribution in [0.2, 0.25) is 0 Å². The fourth-order valence-electron chi connectivity index (χ4n) is 1.07. The summed E-state index contributed by atoms with van der Waals surface area (Å²) >= 11 is 3.35. The SMILES string of the molecule is O=C1CCCC/C=C(/Br)C1. The molecular weight excluding hydrogens is 192 g/mol. The van der Waals surface area contributed by atoms with E-state index in [-0.39, 0.29) is 0 Å². The van der Waals surface area contributed by atoms with Crippen molar-refractivity contribution < 1.29 is 4.79 Å². The van der Waals surface area contributed by atoms with E-state index >= 15 is 0 Å². The van der Waals surface area contributed by atoms with Gasteiger partial charge in [-0.25, -0.2) is 0 Å². The Morgan fingerprint density at radius 1 is 1.40 bits per heavy atom. The van der Waals surface area contributed by atoms with Crippen LogP contribution in [0.1, 0.15) is 32.1 Å². The molecule has 0 spiro atoms. The summed E-state index contributed by atoms with van der Waals surface area (Å²) in [7, 11) is 0. The molecule has 0 saturated heterocycles. The van der Waals surface area contributed by atoms with E-state index in [0.717, 1.165) is 30.2 Å². The first kappa shape index (κ1) is 7.99. The normalized spacial score (nSPS) is 26.5. The van der Waals surface area contributed by atoms with E-state index in [4.69, 9.17) is 0 Å². The van der Waals surface area contributed by atoms with Crippen LogP contribution < -0.4 is 0 Å². The Balaban J connectivity index is 2.51. The lowest BCUT2D eigenvalue weighted by Gasteiger charge is -2.04. The molecule has 0 unspecified atom stereocenters. The van der Waals surface area contributed by atoms with Crippen LogP contribution in [-0.2, 0) is 4.79 Å². The Morgan fingerprint density at radius 2 is 2.20 bits per heavy atom. The monoisotopic (exact) mass is 202 g/mol. The van der Waals surface area contributed by atoms with E-state index in [0.29, 0.717) is 12.2 Å². The molecular formula is C8H11BrO. The summed E-state index contributed by atoms with van der Waals surface area (Å²) in [4.78, 5) is 11.0. The van der Waals surface area contributed by atoms with Gasteiger partial charge < -0.3 is 0 Å². The molecule has 0 saturated carbocycles. The van der Waals surface area contributed by atoms with Crippen molar-refractivity contribution in [3.8, 4) is 0 Å². The van der Waals surface area contributed by atoms with E-state index < -0.39 is 0 Å². The molecule has 1 aliphatic carbocycles. The second-order valence-electron chi connectivity index (χ2n) is 2.61. The smallest absolute Gasteiger partial charge is 0.137 e. The molecule has 0 N–H and O–H groups in total. The molecule has 56 valence electrons. The molecule has 0 aromatic carbocycles. The van der Waals surface area contributed by atoms with Gasteiger partial charge in [-0.05, 0) is 23.7 Å². The van der Waals surface area contributed by atoms with Crippen LogP contribution in [0.3, 0.4) is 0 Å². The zero-order chi connectivity index (χ0) is 7.40. The number of carbonyl (C=O) groups is 1. The predicted octanol–water partition coefficient (Wildman–Crippen LogP) is 2.80. The van der Waals surface area contributed by atoms with Crippen molar-refractivity contribution in [3.05, 3.63) is 10.6 Å². The van der Waals surface area contributed by atoms with Gasteiger partial charge in [0.1, 0.15) is 5.78 Å². The summed E-state index contributed by atoms with van der Waals surface area (Å²) in [5.41, 5.74) is 0. The van der Waals surface area contributed by atoms with Gasteiger partial charge in [0.05, 0.1) is 0 Å². The van der Waals surface area contributed by atoms with Gasteiger partial charge in [-0.2, -0.15) is 0 Å². The summed E-state index contributed by atoms with van der Waals surface area (Å²) in [6.45, 7) is 0. The van der Waals surface area contributed by atoms with Crippen molar-refractivity contribution in [2.45, 2.75) is 32.1 Å². The van der Waals surface area contributed by atoms with Crippen molar-refractivity contribution in [1.82, 2.24) is 0 Å². The van der Waals surface area contributed by atoms with Gasteiger partial charge in [0.25, 0.3) is 0 Å². The Kier molecular flexibility index (Phi) is 3.13. The summed E-state index contributed by atoms with van der Waals surface area (Å²) in [5, 5.41) is 0. The number of halogens is 1. The van der Waals surface area contributed by atoms with E-state index in [1.807, 2.05) is 0 Å². The standard InChI is InChI=1S/C8H11BrO/c9-7-4-2-1-3-5-8(10)6-7/h4H,1-3,5-6H2/b7-4+. The van der Waals surface area contributed by atoms with Crippen LogP contribution in [-0.4, -0.2) is 5.78 Å². The van der Waals surface area contributed by atoms with Gasteiger partial charge in [0.15, 0.2) is 0 Å². The van der Waals surface area contributed by atoms with Gasteiger partial charge in [0, 0.05) is 12.8 Å². The molecule has 0 heterocycles. The Morgan fingerprint density at radius 3 is 3.00 bits per heavy atom. The molecule has 0 aromatic heterocycles. The number of ketones is 1. The third kappa shape index (κ3) is 2.65. The van der Waals surface area contributed by atoms with Gasteiger partial charge >= 0.3 is 0 Å². The van der Waals surface area contributed by atoms with Crippen molar-refractivity contribution >= 4 is 21.7 Å². The van der Waals surface area contributed by atoms with Crippen molar-refractivity contribution in [3.63, 3.8) is 0 Å². The summed E-state index contributed by atoms with van der Waals surface area (Å²) in [6.07, 6.45) is 6.82. The highest BCUT2D eigenvalue weighted by atomic mass is 79.9. The number of hydrogen-bond donors (Lipinski definition) is 0. The molecule has 10 heavy (non-hydrogen) atoms. The third-order valence-corrected chi connectivity index (χ3v) is 2.25. The van der Waals surface area contributed by atoms with Crippen LogP contribution in [0.4, 0.5) is 0 Å². The second kappa shape index (κ2) is 3.91. The molecule has 0 atom stereocenters. The number of rotatable bonds is 0. The lowest BCUT2D eigenvalue weighted by Crippen LogP contribution is -1.99. The highest BCUT2D eigenvalue weighted by Gasteiger charge is 2.05. The van der Waals surface area contributed by atoms with Crippen LogP contribution >= 0.6 is 15.9 Å². The maximum absolute atomic E-state index is 11.0. The molecule has 1 nitrogen and oxygen atoms in total. The Labute approximate surface area is 69.6 Å². The summed E-state index contributed by atoms with van der Waals surface area (Å²) in [5.74, 6) is 0.364. The van der Waals surface area contributed by atoms with Crippen molar-refractivity contribution in [2.24, 2.45) is 0 Å². The molecule has 0 radical (unpaired) electrons. The number of Topliss-reactive ketones (excluding diaryl/α,β-unsaturated/α-hetero) is 1. The average molecular weight is 203 g/mol. The van der Waals surface area contributed by atoms with Crippen LogP contribution in [0.5, 0.6) is 0 Å². The average Bonchev–Trinajstić information content (AvgIpc) is 1.83.